The minimum atomic E-state index is -4.42. The third kappa shape index (κ3) is 83.8. The van der Waals surface area contributed by atoms with Crippen molar-refractivity contribution in [2.75, 3.05) is 47.5 Å². The van der Waals surface area contributed by atoms with Crippen molar-refractivity contribution >= 4 is 19.8 Å². The molecule has 0 spiro atoms. The number of carbonyl (C=O) groups excluding carboxylic acids is 2. The molecule has 1 N–H and O–H groups in total. The van der Waals surface area contributed by atoms with Crippen molar-refractivity contribution in [3.63, 3.8) is 0 Å². The molecule has 0 heterocycles. The second kappa shape index (κ2) is 80.0. The standard InChI is InChI=1S/C92H152NO8P/c1-6-8-10-12-14-16-18-20-22-24-26-28-30-32-34-36-38-40-42-44-46-48-50-52-54-56-58-60-62-64-66-68-70-72-74-76-78-80-82-84-91(94)98-88-90(89-100-102(96,97)99-87-86-93(3,4)5)101-92(95)85-83-81-79-77-75-73-71-69-67-65-63-61-59-57-55-53-51-49-47-45-43-41-39-37-35-33-31-29-27-25-23-21-19-17-15-13-11-9-7-2/h8-11,14-17,20-23,26-29,33,35,39,41,45,47,51,53,57,59,63,65,69,71,75,77,90H,6-7,12-13,18-19,24-25,30-32,34,36-38,40,42-44,46,48-50,52,54-56,58,60-62,64,66-68,70,72-74,76,78-89H2,1-5H3/p+1/b10-8-,11-9-,16-14-,17-15-,22-20-,23-21-,28-26-,29-27-,35-33-,41-39-,47-45-,53-51-,59-57-,65-63-,71-69-,77-75-. The van der Waals surface area contributed by atoms with Gasteiger partial charge in [-0.15, -0.1) is 0 Å². The molecule has 10 heteroatoms. The van der Waals surface area contributed by atoms with E-state index in [-0.39, 0.29) is 32.0 Å². The maximum absolute atomic E-state index is 12.9. The summed E-state index contributed by atoms with van der Waals surface area (Å²) in [6, 6.07) is 0. The largest absolute Gasteiger partial charge is 0.472 e. The number of ether oxygens (including phenoxy) is 2. The zero-order valence-corrected chi connectivity index (χ0v) is 66.9. The van der Waals surface area contributed by atoms with Crippen molar-refractivity contribution in [2.24, 2.45) is 0 Å². The molecule has 0 fully saturated rings. The van der Waals surface area contributed by atoms with Crippen LogP contribution in [0.25, 0.3) is 0 Å². The highest BCUT2D eigenvalue weighted by molar-refractivity contribution is 7.47. The van der Waals surface area contributed by atoms with Crippen LogP contribution in [0.15, 0.2) is 194 Å². The molecule has 0 radical (unpaired) electrons. The molecule has 0 aromatic carbocycles. The number of likely N-dealkylation sites (N-methyl/N-ethyl adjacent to an activating group) is 1. The molecule has 9 nitrogen and oxygen atoms in total. The smallest absolute Gasteiger partial charge is 0.462 e. The lowest BCUT2D eigenvalue weighted by atomic mass is 10.0. The van der Waals surface area contributed by atoms with Gasteiger partial charge in [0.25, 0.3) is 0 Å². The van der Waals surface area contributed by atoms with Crippen LogP contribution < -0.4 is 0 Å². The molecule has 0 rings (SSSR count). The minimum absolute atomic E-state index is 0.0151. The van der Waals surface area contributed by atoms with Gasteiger partial charge in [-0.1, -0.05) is 362 Å². The Morgan fingerprint density at radius 1 is 0.304 bits per heavy atom. The number of carbonyl (C=O) groups is 2. The molecular weight excluding hydrogens is 1280 g/mol. The number of unbranched alkanes of at least 4 members (excludes halogenated alkanes) is 28. The quantitative estimate of drug-likeness (QED) is 0.0211. The molecule has 578 valence electrons. The minimum Gasteiger partial charge on any atom is -0.462 e. The fourth-order valence-corrected chi connectivity index (χ4v) is 11.7. The van der Waals surface area contributed by atoms with E-state index in [1.54, 1.807) is 0 Å². The molecule has 102 heavy (non-hydrogen) atoms. The van der Waals surface area contributed by atoms with Gasteiger partial charge in [-0.2, -0.15) is 0 Å². The van der Waals surface area contributed by atoms with Gasteiger partial charge in [-0.3, -0.25) is 18.6 Å². The van der Waals surface area contributed by atoms with Gasteiger partial charge in [0.05, 0.1) is 27.7 Å². The summed E-state index contributed by atoms with van der Waals surface area (Å²) in [5.41, 5.74) is 0. The van der Waals surface area contributed by atoms with Crippen molar-refractivity contribution in [3.8, 4) is 0 Å². The Morgan fingerprint density at radius 2 is 0.529 bits per heavy atom. The summed E-state index contributed by atoms with van der Waals surface area (Å²) < 4.78 is 34.8. The van der Waals surface area contributed by atoms with E-state index in [2.05, 4.69) is 208 Å². The first-order chi connectivity index (χ1) is 50.0. The summed E-state index contributed by atoms with van der Waals surface area (Å²) in [4.78, 5) is 36.0. The molecule has 0 aliphatic carbocycles. The van der Waals surface area contributed by atoms with Crippen LogP contribution >= 0.6 is 7.82 Å². The number of allylic oxidation sites excluding steroid dienone is 32. The number of rotatable bonds is 74. The maximum atomic E-state index is 12.9. The second-order valence-corrected chi connectivity index (χ2v) is 29.5. The summed E-state index contributed by atoms with van der Waals surface area (Å²) in [5.74, 6) is -0.850. The highest BCUT2D eigenvalue weighted by atomic mass is 31.2. The Hall–Kier alpha value is -5.15. The zero-order chi connectivity index (χ0) is 74.0. The van der Waals surface area contributed by atoms with Crippen molar-refractivity contribution < 1.29 is 42.1 Å². The van der Waals surface area contributed by atoms with Gasteiger partial charge in [0.1, 0.15) is 19.8 Å². The number of hydrogen-bond acceptors (Lipinski definition) is 7. The van der Waals surface area contributed by atoms with Crippen LogP contribution in [0.2, 0.25) is 0 Å². The molecule has 0 bridgehead atoms. The van der Waals surface area contributed by atoms with Gasteiger partial charge >= 0.3 is 19.8 Å². The molecule has 0 aliphatic rings. The first kappa shape index (κ1) is 96.8. The maximum Gasteiger partial charge on any atom is 0.472 e. The Balaban J connectivity index is 4.07. The van der Waals surface area contributed by atoms with Crippen LogP contribution in [0.4, 0.5) is 0 Å². The van der Waals surface area contributed by atoms with E-state index in [1.807, 2.05) is 21.1 Å². The van der Waals surface area contributed by atoms with E-state index in [9.17, 15) is 19.0 Å². The summed E-state index contributed by atoms with van der Waals surface area (Å²) in [6.07, 6.45) is 124. The average molecular weight is 1430 g/mol. The van der Waals surface area contributed by atoms with Crippen LogP contribution in [0.1, 0.15) is 322 Å². The first-order valence-electron chi connectivity index (χ1n) is 41.2. The number of quaternary nitrogens is 1. The van der Waals surface area contributed by atoms with E-state index in [0.717, 1.165) is 135 Å². The van der Waals surface area contributed by atoms with Crippen LogP contribution in [-0.4, -0.2) is 74.9 Å². The molecule has 0 saturated carbocycles. The number of hydrogen-bond donors (Lipinski definition) is 1. The van der Waals surface area contributed by atoms with Crippen molar-refractivity contribution in [2.45, 2.75) is 328 Å². The lowest BCUT2D eigenvalue weighted by Crippen LogP contribution is -2.37. The van der Waals surface area contributed by atoms with E-state index < -0.39 is 26.5 Å². The van der Waals surface area contributed by atoms with E-state index in [4.69, 9.17) is 18.5 Å². The summed E-state index contributed by atoms with van der Waals surface area (Å²) >= 11 is 0. The lowest BCUT2D eigenvalue weighted by Gasteiger charge is -2.24. The number of esters is 2. The average Bonchev–Trinajstić information content (AvgIpc) is 0.914. The molecule has 0 aliphatic heterocycles. The summed E-state index contributed by atoms with van der Waals surface area (Å²) in [7, 11) is 1.43. The fourth-order valence-electron chi connectivity index (χ4n) is 10.9. The highest BCUT2D eigenvalue weighted by Gasteiger charge is 2.27. The topological polar surface area (TPSA) is 108 Å². The Labute approximate surface area is 628 Å². The lowest BCUT2D eigenvalue weighted by molar-refractivity contribution is -0.870. The van der Waals surface area contributed by atoms with Crippen LogP contribution in [0, 0.1) is 0 Å². The molecule has 2 unspecified atom stereocenters. The fraction of sp³-hybridized carbons (Fsp3) is 0.630. The molecule has 0 saturated heterocycles. The SMILES string of the molecule is CC/C=C\C/C=C\C/C=C\C/C=C\C/C=C\C/C=C\C/C=C\C/C=C\C/C=C\C/C=C\C/C=C\C/C=C\CCCCC(=O)OC(COC(=O)CCCCCCCCCCCCCCCCCCCCCCCCCCCC/C=C\C/C=C\C/C=C\C/C=C\CC)COP(=O)(O)OCC[N+](C)(C)C. The van der Waals surface area contributed by atoms with Crippen LogP contribution in [0.5, 0.6) is 0 Å². The summed E-state index contributed by atoms with van der Waals surface area (Å²) in [5, 5.41) is 0. The molecular formula is C92H153NO8P+. The van der Waals surface area contributed by atoms with Gasteiger partial charge in [0.2, 0.25) is 0 Å². The van der Waals surface area contributed by atoms with Gasteiger partial charge in [0.15, 0.2) is 6.10 Å². The predicted molar refractivity (Wildman–Crippen MR) is 445 cm³/mol. The van der Waals surface area contributed by atoms with E-state index in [0.29, 0.717) is 17.4 Å². The van der Waals surface area contributed by atoms with E-state index in [1.165, 1.54) is 154 Å². The van der Waals surface area contributed by atoms with Gasteiger partial charge in [0, 0.05) is 12.8 Å². The van der Waals surface area contributed by atoms with Gasteiger partial charge in [-0.05, 0) is 141 Å². The monoisotopic (exact) mass is 1430 g/mol. The van der Waals surface area contributed by atoms with Crippen LogP contribution in [0.3, 0.4) is 0 Å². The van der Waals surface area contributed by atoms with Gasteiger partial charge in [-0.25, -0.2) is 4.57 Å². The zero-order valence-electron chi connectivity index (χ0n) is 66.0. The molecule has 0 aromatic rings. The second-order valence-electron chi connectivity index (χ2n) is 28.0. The Morgan fingerprint density at radius 3 is 0.804 bits per heavy atom. The molecule has 0 amide bonds. The normalized spacial score (nSPS) is 14.1. The van der Waals surface area contributed by atoms with Crippen molar-refractivity contribution in [1.29, 1.82) is 0 Å². The van der Waals surface area contributed by atoms with E-state index >= 15 is 0 Å². The highest BCUT2D eigenvalue weighted by Crippen LogP contribution is 2.43. The number of nitrogens with zero attached hydrogens (tertiary/aromatic N) is 1. The van der Waals surface area contributed by atoms with Gasteiger partial charge < -0.3 is 18.9 Å². The Bertz CT molecular complexity index is 2440. The van der Waals surface area contributed by atoms with Crippen LogP contribution in [-0.2, 0) is 32.7 Å². The third-order valence-corrected chi connectivity index (χ3v) is 18.1. The third-order valence-electron chi connectivity index (χ3n) is 17.1. The van der Waals surface area contributed by atoms with Crippen molar-refractivity contribution in [1.82, 2.24) is 0 Å². The first-order valence-corrected chi connectivity index (χ1v) is 42.7. The molecule has 0 aromatic heterocycles. The number of phosphoric ester groups is 1. The molecule has 2 atom stereocenters. The number of phosphoric acid groups is 1. The predicted octanol–water partition coefficient (Wildman–Crippen LogP) is 27.9. The Kier molecular flexibility index (Phi) is 75.9. The summed E-state index contributed by atoms with van der Waals surface area (Å²) in [6.45, 7) is 4.16. The van der Waals surface area contributed by atoms with Crippen molar-refractivity contribution in [3.05, 3.63) is 194 Å².